The van der Waals surface area contributed by atoms with Crippen molar-refractivity contribution in [2.75, 3.05) is 12.3 Å². The zero-order valence-corrected chi connectivity index (χ0v) is 13.4. The maximum atomic E-state index is 11.5. The molecule has 5 nitrogen and oxygen atoms in total. The molecule has 1 amide bonds. The third-order valence-corrected chi connectivity index (χ3v) is 3.98. The fourth-order valence-electron chi connectivity index (χ4n) is 2.06. The van der Waals surface area contributed by atoms with Crippen LogP contribution >= 0.6 is 11.8 Å². The Morgan fingerprint density at radius 2 is 2.14 bits per heavy atom. The van der Waals surface area contributed by atoms with Gasteiger partial charge in [-0.05, 0) is 26.8 Å². The molecule has 0 aliphatic rings. The van der Waals surface area contributed by atoms with Crippen molar-refractivity contribution >= 4 is 17.7 Å². The lowest BCUT2D eigenvalue weighted by molar-refractivity contribution is -0.118. The third kappa shape index (κ3) is 3.85. The fourth-order valence-corrected chi connectivity index (χ4v) is 2.89. The lowest BCUT2D eigenvalue weighted by Crippen LogP contribution is -2.24. The van der Waals surface area contributed by atoms with Crippen LogP contribution in [0.4, 0.5) is 0 Å². The molecule has 0 aliphatic heterocycles. The quantitative estimate of drug-likeness (QED) is 0.833. The monoisotopic (exact) mass is 304 g/mol. The fraction of sp³-hybridized carbons (Fsp3) is 0.400. The zero-order valence-electron chi connectivity index (χ0n) is 12.6. The molecule has 112 valence electrons. The molecule has 0 radical (unpaired) electrons. The molecule has 1 aromatic carbocycles. The first-order valence-electron chi connectivity index (χ1n) is 7.05. The Labute approximate surface area is 129 Å². The number of aryl methyl sites for hydroxylation is 1. The van der Waals surface area contributed by atoms with Gasteiger partial charge in [0.2, 0.25) is 5.91 Å². The minimum Gasteiger partial charge on any atom is -0.356 e. The van der Waals surface area contributed by atoms with Gasteiger partial charge in [-0.1, -0.05) is 35.5 Å². The highest BCUT2D eigenvalue weighted by Crippen LogP contribution is 2.24. The SMILES string of the molecule is CCNC(=O)CSc1nnc(-c2cccc(C)c2)n1CC. The van der Waals surface area contributed by atoms with Gasteiger partial charge in [0.05, 0.1) is 5.75 Å². The number of nitrogens with zero attached hydrogens (tertiary/aromatic N) is 3. The summed E-state index contributed by atoms with van der Waals surface area (Å²) >= 11 is 1.42. The van der Waals surface area contributed by atoms with Crippen LogP contribution in [0.5, 0.6) is 0 Å². The van der Waals surface area contributed by atoms with E-state index in [4.69, 9.17) is 0 Å². The lowest BCUT2D eigenvalue weighted by Gasteiger charge is -2.07. The van der Waals surface area contributed by atoms with E-state index in [0.717, 1.165) is 23.1 Å². The van der Waals surface area contributed by atoms with Crippen LogP contribution in [0.3, 0.4) is 0 Å². The number of amides is 1. The van der Waals surface area contributed by atoms with Crippen molar-refractivity contribution in [3.63, 3.8) is 0 Å². The lowest BCUT2D eigenvalue weighted by atomic mass is 10.1. The van der Waals surface area contributed by atoms with Gasteiger partial charge in [-0.2, -0.15) is 0 Å². The molecule has 0 spiro atoms. The van der Waals surface area contributed by atoms with E-state index in [2.05, 4.69) is 41.5 Å². The highest BCUT2D eigenvalue weighted by atomic mass is 32.2. The summed E-state index contributed by atoms with van der Waals surface area (Å²) < 4.78 is 2.04. The average Bonchev–Trinajstić information content (AvgIpc) is 2.88. The highest BCUT2D eigenvalue weighted by molar-refractivity contribution is 7.99. The number of aromatic nitrogens is 3. The van der Waals surface area contributed by atoms with E-state index in [1.54, 1.807) is 0 Å². The van der Waals surface area contributed by atoms with E-state index in [1.807, 2.05) is 23.6 Å². The van der Waals surface area contributed by atoms with Gasteiger partial charge in [0.25, 0.3) is 0 Å². The van der Waals surface area contributed by atoms with Gasteiger partial charge in [-0.25, -0.2) is 0 Å². The second kappa shape index (κ2) is 7.26. The smallest absolute Gasteiger partial charge is 0.230 e. The maximum Gasteiger partial charge on any atom is 0.230 e. The van der Waals surface area contributed by atoms with Gasteiger partial charge in [0.1, 0.15) is 0 Å². The summed E-state index contributed by atoms with van der Waals surface area (Å²) in [5, 5.41) is 12.1. The molecular formula is C15H20N4OS. The van der Waals surface area contributed by atoms with Gasteiger partial charge in [-0.3, -0.25) is 4.79 Å². The van der Waals surface area contributed by atoms with Crippen molar-refractivity contribution < 1.29 is 4.79 Å². The van der Waals surface area contributed by atoms with Crippen LogP contribution in [0.25, 0.3) is 11.4 Å². The number of carbonyl (C=O) groups is 1. The van der Waals surface area contributed by atoms with E-state index in [1.165, 1.54) is 17.3 Å². The second-order valence-corrected chi connectivity index (χ2v) is 5.60. The predicted molar refractivity (Wildman–Crippen MR) is 85.3 cm³/mol. The Hall–Kier alpha value is -1.82. The van der Waals surface area contributed by atoms with Crippen LogP contribution in [0.1, 0.15) is 19.4 Å². The van der Waals surface area contributed by atoms with Gasteiger partial charge in [0, 0.05) is 18.7 Å². The second-order valence-electron chi connectivity index (χ2n) is 4.66. The summed E-state index contributed by atoms with van der Waals surface area (Å²) in [4.78, 5) is 11.5. The molecule has 0 saturated heterocycles. The Kier molecular flexibility index (Phi) is 5.38. The van der Waals surface area contributed by atoms with Crippen molar-refractivity contribution in [2.45, 2.75) is 32.5 Å². The molecule has 0 fully saturated rings. The van der Waals surface area contributed by atoms with E-state index >= 15 is 0 Å². The number of carbonyl (C=O) groups excluding carboxylic acids is 1. The van der Waals surface area contributed by atoms with Crippen molar-refractivity contribution in [3.05, 3.63) is 29.8 Å². The number of thioether (sulfide) groups is 1. The van der Waals surface area contributed by atoms with Gasteiger partial charge < -0.3 is 9.88 Å². The first kappa shape index (κ1) is 15.6. The summed E-state index contributed by atoms with van der Waals surface area (Å²) in [7, 11) is 0. The normalized spacial score (nSPS) is 10.6. The Morgan fingerprint density at radius 1 is 1.33 bits per heavy atom. The molecule has 2 aromatic rings. The van der Waals surface area contributed by atoms with Crippen molar-refractivity contribution in [2.24, 2.45) is 0 Å². The molecule has 2 rings (SSSR count). The largest absolute Gasteiger partial charge is 0.356 e. The summed E-state index contributed by atoms with van der Waals surface area (Å²) in [6, 6.07) is 8.19. The van der Waals surface area contributed by atoms with Gasteiger partial charge in [-0.15, -0.1) is 10.2 Å². The molecule has 1 heterocycles. The number of nitrogens with one attached hydrogen (secondary N) is 1. The van der Waals surface area contributed by atoms with Gasteiger partial charge in [0.15, 0.2) is 11.0 Å². The van der Waals surface area contributed by atoms with Crippen molar-refractivity contribution in [3.8, 4) is 11.4 Å². The average molecular weight is 304 g/mol. The minimum atomic E-state index is 0.0188. The molecule has 21 heavy (non-hydrogen) atoms. The Bertz CT molecular complexity index is 624. The van der Waals surface area contributed by atoms with E-state index in [9.17, 15) is 4.79 Å². The number of benzene rings is 1. The Balaban J connectivity index is 2.20. The van der Waals surface area contributed by atoms with Crippen LogP contribution in [0.2, 0.25) is 0 Å². The first-order valence-corrected chi connectivity index (χ1v) is 8.04. The Morgan fingerprint density at radius 3 is 2.81 bits per heavy atom. The van der Waals surface area contributed by atoms with Crippen LogP contribution in [0.15, 0.2) is 29.4 Å². The topological polar surface area (TPSA) is 59.8 Å². The molecule has 0 atom stereocenters. The van der Waals surface area contributed by atoms with E-state index in [0.29, 0.717) is 12.3 Å². The van der Waals surface area contributed by atoms with Crippen molar-refractivity contribution in [1.82, 2.24) is 20.1 Å². The molecule has 0 bridgehead atoms. The number of hydrogen-bond donors (Lipinski definition) is 1. The first-order chi connectivity index (χ1) is 10.2. The standard InChI is InChI=1S/C15H20N4OS/c1-4-16-13(20)10-21-15-18-17-14(19(15)5-2)12-8-6-7-11(3)9-12/h6-9H,4-5,10H2,1-3H3,(H,16,20). The maximum absolute atomic E-state index is 11.5. The van der Waals surface area contributed by atoms with E-state index in [-0.39, 0.29) is 5.91 Å². The molecule has 6 heteroatoms. The summed E-state index contributed by atoms with van der Waals surface area (Å²) in [5.41, 5.74) is 2.24. The molecule has 0 unspecified atom stereocenters. The zero-order chi connectivity index (χ0) is 15.2. The molecule has 0 aliphatic carbocycles. The van der Waals surface area contributed by atoms with Crippen LogP contribution in [0, 0.1) is 6.92 Å². The number of hydrogen-bond acceptors (Lipinski definition) is 4. The molecule has 1 N–H and O–H groups in total. The van der Waals surface area contributed by atoms with Crippen LogP contribution in [-0.4, -0.2) is 33.0 Å². The molecule has 1 aromatic heterocycles. The van der Waals surface area contributed by atoms with E-state index < -0.39 is 0 Å². The van der Waals surface area contributed by atoms with Gasteiger partial charge >= 0.3 is 0 Å². The predicted octanol–water partition coefficient (Wildman–Crippen LogP) is 2.50. The minimum absolute atomic E-state index is 0.0188. The van der Waals surface area contributed by atoms with Crippen LogP contribution in [-0.2, 0) is 11.3 Å². The molecular weight excluding hydrogens is 284 g/mol. The molecule has 0 saturated carbocycles. The summed E-state index contributed by atoms with van der Waals surface area (Å²) in [5.74, 6) is 1.23. The van der Waals surface area contributed by atoms with Crippen LogP contribution < -0.4 is 5.32 Å². The van der Waals surface area contributed by atoms with Crippen molar-refractivity contribution in [1.29, 1.82) is 0 Å². The highest BCUT2D eigenvalue weighted by Gasteiger charge is 2.14. The summed E-state index contributed by atoms with van der Waals surface area (Å²) in [6.07, 6.45) is 0. The summed E-state index contributed by atoms with van der Waals surface area (Å²) in [6.45, 7) is 7.44. The third-order valence-electron chi connectivity index (χ3n) is 3.02. The number of rotatable bonds is 6.